The van der Waals surface area contributed by atoms with E-state index < -0.39 is 5.97 Å². The van der Waals surface area contributed by atoms with Crippen molar-refractivity contribution in [1.82, 2.24) is 5.32 Å². The molecule has 0 aromatic heterocycles. The van der Waals surface area contributed by atoms with E-state index in [1.54, 1.807) is 6.07 Å². The van der Waals surface area contributed by atoms with Crippen molar-refractivity contribution in [3.8, 4) is 0 Å². The summed E-state index contributed by atoms with van der Waals surface area (Å²) >= 11 is 0. The highest BCUT2D eigenvalue weighted by Gasteiger charge is 2.31. The topological polar surface area (TPSA) is 81.7 Å². The summed E-state index contributed by atoms with van der Waals surface area (Å²) in [6, 6.07) is 20.9. The number of carbonyl (C=O) groups is 2. The van der Waals surface area contributed by atoms with Gasteiger partial charge in [0.25, 0.3) is 5.91 Å². The molecule has 0 atom stereocenters. The molecule has 0 radical (unpaired) electrons. The van der Waals surface area contributed by atoms with Crippen molar-refractivity contribution >= 4 is 34.5 Å². The fraction of sp³-hybridized carbons (Fsp3) is 0.120. The Morgan fingerprint density at radius 1 is 0.935 bits per heavy atom. The molecule has 0 fully saturated rings. The van der Waals surface area contributed by atoms with Crippen LogP contribution in [0.2, 0.25) is 0 Å². The number of anilines is 2. The van der Waals surface area contributed by atoms with E-state index in [1.165, 1.54) is 23.3 Å². The molecule has 0 saturated carbocycles. The minimum Gasteiger partial charge on any atom is -0.478 e. The number of fused-ring (bicyclic) bond motifs is 2. The van der Waals surface area contributed by atoms with E-state index in [4.69, 9.17) is 0 Å². The van der Waals surface area contributed by atoms with E-state index >= 15 is 0 Å². The maximum absolute atomic E-state index is 13.1. The largest absolute Gasteiger partial charge is 0.478 e. The Balaban J connectivity index is 1.70. The zero-order valence-electron chi connectivity index (χ0n) is 17.0. The number of rotatable bonds is 4. The van der Waals surface area contributed by atoms with Crippen molar-refractivity contribution < 1.29 is 14.7 Å². The van der Waals surface area contributed by atoms with Crippen LogP contribution in [0.15, 0.2) is 66.7 Å². The van der Waals surface area contributed by atoms with Crippen LogP contribution >= 0.6 is 0 Å². The Morgan fingerprint density at radius 3 is 2.48 bits per heavy atom. The molecular weight excluding hydrogens is 390 g/mol. The normalized spacial score (nSPS) is 15.8. The van der Waals surface area contributed by atoms with Gasteiger partial charge in [-0.25, -0.2) is 4.79 Å². The molecule has 3 aromatic carbocycles. The second-order valence-electron chi connectivity index (χ2n) is 7.72. The second kappa shape index (κ2) is 7.41. The lowest BCUT2D eigenvalue weighted by Gasteiger charge is -2.26. The minimum atomic E-state index is -1.03. The van der Waals surface area contributed by atoms with Crippen LogP contribution in [0.25, 0.3) is 11.3 Å². The van der Waals surface area contributed by atoms with Gasteiger partial charge in [-0.15, -0.1) is 0 Å². The van der Waals surface area contributed by atoms with Gasteiger partial charge in [-0.3, -0.25) is 4.79 Å². The van der Waals surface area contributed by atoms with Crippen molar-refractivity contribution in [2.45, 2.75) is 13.1 Å². The number of hydrogen-bond donors (Lipinski definition) is 3. The monoisotopic (exact) mass is 411 g/mol. The van der Waals surface area contributed by atoms with Crippen molar-refractivity contribution in [1.29, 1.82) is 0 Å². The van der Waals surface area contributed by atoms with Crippen molar-refractivity contribution in [3.05, 3.63) is 94.5 Å². The average molecular weight is 411 g/mol. The van der Waals surface area contributed by atoms with Crippen LogP contribution in [0, 0.1) is 0 Å². The molecule has 6 heteroatoms. The molecule has 5 rings (SSSR count). The molecule has 0 saturated heterocycles. The molecule has 0 aliphatic carbocycles. The van der Waals surface area contributed by atoms with Crippen LogP contribution in [0.1, 0.15) is 32.6 Å². The quantitative estimate of drug-likeness (QED) is 0.567. The first kappa shape index (κ1) is 19.1. The predicted molar refractivity (Wildman–Crippen MR) is 121 cm³/mol. The first-order valence-electron chi connectivity index (χ1n) is 10.1. The number of amides is 1. The minimum absolute atomic E-state index is 0.140. The van der Waals surface area contributed by atoms with Crippen LogP contribution in [0.5, 0.6) is 0 Å². The van der Waals surface area contributed by atoms with Gasteiger partial charge in [0, 0.05) is 31.4 Å². The third-order valence-electron chi connectivity index (χ3n) is 5.84. The maximum Gasteiger partial charge on any atom is 0.335 e. The molecule has 2 heterocycles. The molecule has 1 amide bonds. The summed E-state index contributed by atoms with van der Waals surface area (Å²) in [6.45, 7) is 1.70. The first-order valence-corrected chi connectivity index (χ1v) is 10.1. The number of nitrogens with zero attached hydrogens (tertiary/aromatic N) is 1. The first-order chi connectivity index (χ1) is 15.0. The third kappa shape index (κ3) is 3.27. The van der Waals surface area contributed by atoms with Gasteiger partial charge < -0.3 is 20.6 Å². The summed E-state index contributed by atoms with van der Waals surface area (Å²) in [6.07, 6.45) is 0. The summed E-state index contributed by atoms with van der Waals surface area (Å²) in [5.74, 6) is -1.27. The van der Waals surface area contributed by atoms with E-state index in [0.717, 1.165) is 30.0 Å². The molecule has 0 bridgehead atoms. The molecule has 3 N–H and O–H groups in total. The molecule has 154 valence electrons. The molecule has 0 spiro atoms. The highest BCUT2D eigenvalue weighted by Crippen LogP contribution is 2.40. The van der Waals surface area contributed by atoms with Crippen molar-refractivity contribution in [2.24, 2.45) is 0 Å². The standard InChI is InChI=1S/C25H21N3O3/c1-28(19-9-7-17-13-26-14-18(17)11-19)23(15-5-3-2-4-6-15)22-20-10-8-16(25(30)31)12-21(20)27-24(22)29/h2-12,26H,13-14H2,1H3,(H,27,29)(H,30,31)/b23-22-. The SMILES string of the molecule is CN(/C(=C1\C(=O)Nc2cc(C(=O)O)ccc21)c1ccccc1)c1ccc2c(c1)CNC2. The lowest BCUT2D eigenvalue weighted by atomic mass is 9.98. The Kier molecular flexibility index (Phi) is 4.56. The zero-order valence-corrected chi connectivity index (χ0v) is 17.0. The third-order valence-corrected chi connectivity index (χ3v) is 5.84. The van der Waals surface area contributed by atoms with E-state index in [1.807, 2.05) is 42.3 Å². The van der Waals surface area contributed by atoms with Crippen LogP contribution in [0.4, 0.5) is 11.4 Å². The number of aromatic carboxylic acids is 1. The molecule has 0 unspecified atom stereocenters. The van der Waals surface area contributed by atoms with Crippen LogP contribution < -0.4 is 15.5 Å². The molecule has 6 nitrogen and oxygen atoms in total. The van der Waals surface area contributed by atoms with Crippen molar-refractivity contribution in [2.75, 3.05) is 17.3 Å². The van der Waals surface area contributed by atoms with Gasteiger partial charge in [-0.2, -0.15) is 0 Å². The van der Waals surface area contributed by atoms with Gasteiger partial charge in [0.1, 0.15) is 0 Å². The smallest absolute Gasteiger partial charge is 0.335 e. The summed E-state index contributed by atoms with van der Waals surface area (Å²) < 4.78 is 0. The molecule has 2 aliphatic heterocycles. The van der Waals surface area contributed by atoms with Crippen molar-refractivity contribution in [3.63, 3.8) is 0 Å². The summed E-state index contributed by atoms with van der Waals surface area (Å²) in [4.78, 5) is 26.5. The number of carbonyl (C=O) groups excluding carboxylic acids is 1. The lowest BCUT2D eigenvalue weighted by Crippen LogP contribution is -2.19. The Bertz CT molecular complexity index is 1250. The second-order valence-corrected chi connectivity index (χ2v) is 7.72. The van der Waals surface area contributed by atoms with Gasteiger partial charge in [-0.1, -0.05) is 42.5 Å². The van der Waals surface area contributed by atoms with Gasteiger partial charge in [0.15, 0.2) is 0 Å². The van der Waals surface area contributed by atoms with Crippen LogP contribution in [-0.4, -0.2) is 24.0 Å². The Labute approximate surface area is 179 Å². The number of benzene rings is 3. The van der Waals surface area contributed by atoms with Gasteiger partial charge in [-0.05, 0) is 41.0 Å². The van der Waals surface area contributed by atoms with E-state index in [9.17, 15) is 14.7 Å². The molecule has 31 heavy (non-hydrogen) atoms. The molecular formula is C25H21N3O3. The fourth-order valence-electron chi connectivity index (χ4n) is 4.26. The zero-order chi connectivity index (χ0) is 21.5. The highest BCUT2D eigenvalue weighted by molar-refractivity contribution is 6.37. The molecule has 2 aliphatic rings. The Morgan fingerprint density at radius 2 is 1.71 bits per heavy atom. The predicted octanol–water partition coefficient (Wildman–Crippen LogP) is 3.94. The van der Waals surface area contributed by atoms with Crippen LogP contribution in [-0.2, 0) is 17.9 Å². The van der Waals surface area contributed by atoms with E-state index in [0.29, 0.717) is 16.8 Å². The average Bonchev–Trinajstić information content (AvgIpc) is 3.37. The number of carboxylic acid groups (broad SMARTS) is 1. The number of nitrogens with one attached hydrogen (secondary N) is 2. The highest BCUT2D eigenvalue weighted by atomic mass is 16.4. The maximum atomic E-state index is 13.1. The van der Waals surface area contributed by atoms with Crippen LogP contribution in [0.3, 0.4) is 0 Å². The van der Waals surface area contributed by atoms with Gasteiger partial charge >= 0.3 is 5.97 Å². The van der Waals surface area contributed by atoms with Gasteiger partial charge in [0.2, 0.25) is 0 Å². The Hall–Kier alpha value is -3.90. The summed E-state index contributed by atoms with van der Waals surface area (Å²) in [7, 11) is 1.95. The van der Waals surface area contributed by atoms with E-state index in [2.05, 4.69) is 28.8 Å². The summed E-state index contributed by atoms with van der Waals surface area (Å²) in [5.41, 5.74) is 7.08. The number of hydrogen-bond acceptors (Lipinski definition) is 4. The number of carboxylic acids is 1. The summed E-state index contributed by atoms with van der Waals surface area (Å²) in [5, 5.41) is 15.5. The van der Waals surface area contributed by atoms with Gasteiger partial charge in [0.05, 0.1) is 22.5 Å². The lowest BCUT2D eigenvalue weighted by molar-refractivity contribution is -0.110. The fourth-order valence-corrected chi connectivity index (χ4v) is 4.26. The molecule has 3 aromatic rings. The van der Waals surface area contributed by atoms with E-state index in [-0.39, 0.29) is 11.5 Å².